The van der Waals surface area contributed by atoms with Crippen molar-refractivity contribution in [1.82, 2.24) is 9.55 Å². The van der Waals surface area contributed by atoms with Gasteiger partial charge in [-0.2, -0.15) is 0 Å². The highest BCUT2D eigenvalue weighted by atomic mass is 16.3. The molecule has 1 aliphatic heterocycles. The fourth-order valence-electron chi connectivity index (χ4n) is 3.79. The van der Waals surface area contributed by atoms with Crippen LogP contribution in [0.5, 0.6) is 0 Å². The van der Waals surface area contributed by atoms with Gasteiger partial charge in [0.05, 0.1) is 23.4 Å². The van der Waals surface area contributed by atoms with E-state index in [9.17, 15) is 14.7 Å². The topological polar surface area (TPSA) is 72.2 Å². The summed E-state index contributed by atoms with van der Waals surface area (Å²) in [7, 11) is 0. The molecule has 0 fully saturated rings. The van der Waals surface area contributed by atoms with Crippen LogP contribution in [0.25, 0.3) is 22.3 Å². The average molecular weight is 348 g/mol. The summed E-state index contributed by atoms with van der Waals surface area (Å²) in [4.78, 5) is 29.4. The maximum atomic E-state index is 12.8. The average Bonchev–Trinajstić information content (AvgIpc) is 3.03. The minimum absolute atomic E-state index is 0.115. The van der Waals surface area contributed by atoms with Crippen LogP contribution in [0.4, 0.5) is 0 Å². The lowest BCUT2D eigenvalue weighted by Gasteiger charge is -2.21. The van der Waals surface area contributed by atoms with Crippen LogP contribution in [0.2, 0.25) is 0 Å². The van der Waals surface area contributed by atoms with E-state index in [1.54, 1.807) is 10.6 Å². The van der Waals surface area contributed by atoms with Crippen molar-refractivity contribution in [2.45, 2.75) is 39.3 Å². The summed E-state index contributed by atoms with van der Waals surface area (Å²) in [6.07, 6.45) is -0.578. The lowest BCUT2D eigenvalue weighted by atomic mass is 9.89. The molecule has 132 valence electrons. The van der Waals surface area contributed by atoms with E-state index in [0.717, 1.165) is 22.2 Å². The van der Waals surface area contributed by atoms with E-state index in [1.165, 1.54) is 0 Å². The van der Waals surface area contributed by atoms with Crippen molar-refractivity contribution >= 4 is 16.7 Å². The fraction of sp³-hybridized carbons (Fsp3) is 0.286. The lowest BCUT2D eigenvalue weighted by molar-refractivity contribution is -0.128. The molecule has 26 heavy (non-hydrogen) atoms. The predicted molar refractivity (Wildman–Crippen MR) is 100 cm³/mol. The Bertz CT molecular complexity index is 1100. The number of hydrogen-bond acceptors (Lipinski definition) is 4. The molecule has 1 aromatic carbocycles. The quantitative estimate of drug-likeness (QED) is 0.530. The molecule has 0 radical (unpaired) electrons. The minimum atomic E-state index is -1.20. The third kappa shape index (κ3) is 2.31. The number of aliphatic hydroxyl groups is 1. The molecule has 5 nitrogen and oxygen atoms in total. The molecule has 2 aliphatic rings. The first-order valence-corrected chi connectivity index (χ1v) is 9.00. The molecule has 0 bridgehead atoms. The molecule has 1 unspecified atom stereocenters. The Morgan fingerprint density at radius 2 is 1.88 bits per heavy atom. The number of para-hydroxylation sites is 1. The van der Waals surface area contributed by atoms with Crippen LogP contribution in [-0.4, -0.2) is 20.4 Å². The third-order valence-corrected chi connectivity index (χ3v) is 5.03. The van der Waals surface area contributed by atoms with Gasteiger partial charge < -0.3 is 9.67 Å². The van der Waals surface area contributed by atoms with E-state index in [4.69, 9.17) is 4.98 Å². The van der Waals surface area contributed by atoms with Gasteiger partial charge in [0.25, 0.3) is 5.56 Å². The molecule has 0 saturated carbocycles. The second-order valence-corrected chi connectivity index (χ2v) is 6.41. The lowest BCUT2D eigenvalue weighted by Crippen LogP contribution is -2.31. The van der Waals surface area contributed by atoms with E-state index in [1.807, 2.05) is 38.1 Å². The monoisotopic (exact) mass is 348 g/mol. The smallest absolute Gasteiger partial charge is 0.254 e. The molecular formula is C21H20N2O3. The maximum Gasteiger partial charge on any atom is 0.254 e. The van der Waals surface area contributed by atoms with Crippen molar-refractivity contribution in [3.8, 4) is 11.4 Å². The van der Waals surface area contributed by atoms with Gasteiger partial charge in [-0.05, 0) is 30.2 Å². The molecule has 5 rings (SSSR count). The van der Waals surface area contributed by atoms with Crippen LogP contribution >= 0.6 is 0 Å². The van der Waals surface area contributed by atoms with Gasteiger partial charge in [0.2, 0.25) is 0 Å². The first kappa shape index (κ1) is 16.7. The van der Waals surface area contributed by atoms with E-state index < -0.39 is 6.10 Å². The van der Waals surface area contributed by atoms with Crippen molar-refractivity contribution in [2.24, 2.45) is 0 Å². The number of carbonyl (C=O) groups excluding carboxylic acids is 1. The zero-order valence-electron chi connectivity index (χ0n) is 14.8. The molecule has 1 N–H and O–H groups in total. The number of hydrogen-bond donors (Lipinski definition) is 1. The molecule has 5 heteroatoms. The van der Waals surface area contributed by atoms with Crippen molar-refractivity contribution in [3.63, 3.8) is 0 Å². The van der Waals surface area contributed by atoms with Gasteiger partial charge in [-0.25, -0.2) is 4.98 Å². The van der Waals surface area contributed by atoms with Crippen LogP contribution in [0.3, 0.4) is 0 Å². The molecule has 0 spiro atoms. The number of ketones is 1. The highest BCUT2D eigenvalue weighted by Gasteiger charge is 2.32. The summed E-state index contributed by atoms with van der Waals surface area (Å²) >= 11 is 0. The molecule has 3 heterocycles. The Morgan fingerprint density at radius 3 is 2.69 bits per heavy atom. The van der Waals surface area contributed by atoms with Crippen molar-refractivity contribution in [3.05, 3.63) is 63.4 Å². The minimum Gasteiger partial charge on any atom is -0.381 e. The van der Waals surface area contributed by atoms with E-state index in [2.05, 4.69) is 6.07 Å². The highest BCUT2D eigenvalue weighted by Crippen LogP contribution is 2.35. The Hall–Kier alpha value is -2.79. The first-order valence-electron chi connectivity index (χ1n) is 9.00. The molecule has 1 atom stereocenters. The zero-order chi connectivity index (χ0) is 18.4. The van der Waals surface area contributed by atoms with Crippen molar-refractivity contribution in [2.75, 3.05) is 0 Å². The number of Topliss-reactive ketones (excluding diaryl/α,β-unsaturated/α-hetero) is 1. The van der Waals surface area contributed by atoms with Gasteiger partial charge in [-0.1, -0.05) is 32.0 Å². The molecular weight excluding hydrogens is 328 g/mol. The van der Waals surface area contributed by atoms with Crippen LogP contribution in [0.15, 0.2) is 41.2 Å². The highest BCUT2D eigenvalue weighted by molar-refractivity contribution is 5.88. The van der Waals surface area contributed by atoms with Gasteiger partial charge in [0, 0.05) is 22.9 Å². The first-order chi connectivity index (χ1) is 12.6. The molecule has 0 amide bonds. The Labute approximate surface area is 150 Å². The van der Waals surface area contributed by atoms with Gasteiger partial charge in [-0.15, -0.1) is 0 Å². The SMILES string of the molecule is CC.O=C1CCc2c(cc3n(c2=O)Cc2cc4ccccc4nc2-3)C1O. The van der Waals surface area contributed by atoms with Gasteiger partial charge in [-0.3, -0.25) is 9.59 Å². The number of rotatable bonds is 0. The van der Waals surface area contributed by atoms with E-state index in [0.29, 0.717) is 29.8 Å². The number of aromatic nitrogens is 2. The van der Waals surface area contributed by atoms with Crippen LogP contribution in [0.1, 0.15) is 43.1 Å². The van der Waals surface area contributed by atoms with Crippen molar-refractivity contribution in [1.29, 1.82) is 0 Å². The molecule has 2 aromatic heterocycles. The standard InChI is InChI=1S/C19H14N2O3.C2H6/c22-16-6-5-12-13(18(16)23)8-15-17-11(9-21(15)19(12)24)7-10-3-1-2-4-14(10)20-17;1-2/h1-4,7-8,18,23H,5-6,9H2;1-2H3. The van der Waals surface area contributed by atoms with Crippen LogP contribution in [0, 0.1) is 0 Å². The number of pyridine rings is 2. The number of fused-ring (bicyclic) bond motifs is 5. The second kappa shape index (κ2) is 6.18. The number of aliphatic hydroxyl groups excluding tert-OH is 1. The number of carbonyl (C=O) groups is 1. The summed E-state index contributed by atoms with van der Waals surface area (Å²) in [5.74, 6) is -0.225. The van der Waals surface area contributed by atoms with Gasteiger partial charge >= 0.3 is 0 Å². The normalized spacial score (nSPS) is 17.2. The number of nitrogens with zero attached hydrogens (tertiary/aromatic N) is 2. The van der Waals surface area contributed by atoms with Crippen LogP contribution in [-0.2, 0) is 17.8 Å². The molecule has 3 aromatic rings. The van der Waals surface area contributed by atoms with Crippen molar-refractivity contribution < 1.29 is 9.90 Å². The zero-order valence-corrected chi connectivity index (χ0v) is 14.8. The Balaban J connectivity index is 0.000000814. The maximum absolute atomic E-state index is 12.8. The van der Waals surface area contributed by atoms with Gasteiger partial charge in [0.1, 0.15) is 6.10 Å². The molecule has 0 saturated heterocycles. The molecule has 1 aliphatic carbocycles. The summed E-state index contributed by atoms with van der Waals surface area (Å²) in [5, 5.41) is 11.2. The Kier molecular flexibility index (Phi) is 3.96. The predicted octanol–water partition coefficient (Wildman–Crippen LogP) is 3.00. The van der Waals surface area contributed by atoms with E-state index in [-0.39, 0.29) is 17.8 Å². The summed E-state index contributed by atoms with van der Waals surface area (Å²) in [6.45, 7) is 4.48. The Morgan fingerprint density at radius 1 is 1.12 bits per heavy atom. The third-order valence-electron chi connectivity index (χ3n) is 5.03. The largest absolute Gasteiger partial charge is 0.381 e. The number of benzene rings is 1. The van der Waals surface area contributed by atoms with Gasteiger partial charge in [0.15, 0.2) is 5.78 Å². The fourth-order valence-corrected chi connectivity index (χ4v) is 3.79. The van der Waals surface area contributed by atoms with Crippen LogP contribution < -0.4 is 5.56 Å². The van der Waals surface area contributed by atoms with E-state index >= 15 is 0 Å². The second-order valence-electron chi connectivity index (χ2n) is 6.41. The summed E-state index contributed by atoms with van der Waals surface area (Å²) in [5.41, 5.74) is 4.21. The summed E-state index contributed by atoms with van der Waals surface area (Å²) in [6, 6.07) is 11.7. The summed E-state index contributed by atoms with van der Waals surface area (Å²) < 4.78 is 1.71.